The van der Waals surface area contributed by atoms with Gasteiger partial charge in [-0.05, 0) is 31.0 Å². The molecule has 0 aliphatic heterocycles. The molecule has 0 radical (unpaired) electrons. The smallest absolute Gasteiger partial charge is 0.256 e. The van der Waals surface area contributed by atoms with Crippen LogP contribution in [0.4, 0.5) is 0 Å². The van der Waals surface area contributed by atoms with Crippen LogP contribution in [0.3, 0.4) is 0 Å². The lowest BCUT2D eigenvalue weighted by atomic mass is 10.2. The number of nitrogens with zero attached hydrogens (tertiary/aromatic N) is 2. The summed E-state index contributed by atoms with van der Waals surface area (Å²) in [5, 5.41) is 0.485. The van der Waals surface area contributed by atoms with Crippen molar-refractivity contribution in [1.29, 1.82) is 0 Å². The molecule has 1 saturated carbocycles. The van der Waals surface area contributed by atoms with E-state index in [-0.39, 0.29) is 22.1 Å². The van der Waals surface area contributed by atoms with Crippen molar-refractivity contribution in [2.24, 2.45) is 0 Å². The van der Waals surface area contributed by atoms with Crippen LogP contribution in [-0.2, 0) is 6.54 Å². The second-order valence-electron chi connectivity index (χ2n) is 4.74. The van der Waals surface area contributed by atoms with E-state index in [1.165, 1.54) is 6.20 Å². The molecule has 2 aromatic rings. The lowest BCUT2D eigenvalue weighted by Crippen LogP contribution is -2.32. The van der Waals surface area contributed by atoms with E-state index in [9.17, 15) is 4.79 Å². The average molecular weight is 311 g/mol. The Bertz CT molecular complexity index is 624. The minimum absolute atomic E-state index is 0.102. The zero-order valence-electron chi connectivity index (χ0n) is 10.6. The highest BCUT2D eigenvalue weighted by Crippen LogP contribution is 2.30. The van der Waals surface area contributed by atoms with Crippen LogP contribution in [0.5, 0.6) is 0 Å². The van der Waals surface area contributed by atoms with E-state index in [4.69, 9.17) is 27.6 Å². The number of halogens is 2. The van der Waals surface area contributed by atoms with Crippen LogP contribution in [-0.4, -0.2) is 21.8 Å². The molecular weight excluding hydrogens is 299 g/mol. The summed E-state index contributed by atoms with van der Waals surface area (Å²) in [5.41, 5.74) is 0.442. The van der Waals surface area contributed by atoms with Crippen molar-refractivity contribution in [3.63, 3.8) is 0 Å². The van der Waals surface area contributed by atoms with Gasteiger partial charge < -0.3 is 9.32 Å². The van der Waals surface area contributed by atoms with Crippen molar-refractivity contribution in [3.8, 4) is 0 Å². The van der Waals surface area contributed by atoms with Gasteiger partial charge in [-0.3, -0.25) is 4.79 Å². The Morgan fingerprint density at radius 2 is 2.25 bits per heavy atom. The Hall–Kier alpha value is -1.52. The fourth-order valence-electron chi connectivity index (χ4n) is 2.03. The van der Waals surface area contributed by atoms with Crippen molar-refractivity contribution < 1.29 is 9.21 Å². The first-order valence-corrected chi connectivity index (χ1v) is 7.05. The molecule has 0 unspecified atom stereocenters. The molecule has 0 saturated heterocycles. The van der Waals surface area contributed by atoms with E-state index in [0.29, 0.717) is 12.1 Å². The second-order valence-corrected chi connectivity index (χ2v) is 5.51. The number of hydrogen-bond donors (Lipinski definition) is 0. The third-order valence-corrected chi connectivity index (χ3v) is 3.88. The minimum Gasteiger partial charge on any atom is -0.467 e. The Kier molecular flexibility index (Phi) is 3.68. The molecule has 20 heavy (non-hydrogen) atoms. The van der Waals surface area contributed by atoms with Gasteiger partial charge in [-0.2, -0.15) is 0 Å². The Morgan fingerprint density at radius 3 is 2.85 bits per heavy atom. The van der Waals surface area contributed by atoms with Gasteiger partial charge in [-0.25, -0.2) is 4.98 Å². The number of furan rings is 1. The maximum Gasteiger partial charge on any atom is 0.256 e. The van der Waals surface area contributed by atoms with Crippen molar-refractivity contribution in [1.82, 2.24) is 9.88 Å². The van der Waals surface area contributed by atoms with Gasteiger partial charge in [0, 0.05) is 12.2 Å². The molecular formula is C14H12Cl2N2O2. The molecule has 2 aromatic heterocycles. The van der Waals surface area contributed by atoms with Crippen LogP contribution in [0.2, 0.25) is 10.2 Å². The highest BCUT2D eigenvalue weighted by Gasteiger charge is 2.33. The van der Waals surface area contributed by atoms with Crippen molar-refractivity contribution in [2.75, 3.05) is 0 Å². The number of hydrogen-bond acceptors (Lipinski definition) is 3. The highest BCUT2D eigenvalue weighted by atomic mass is 35.5. The van der Waals surface area contributed by atoms with E-state index in [1.54, 1.807) is 17.2 Å². The maximum atomic E-state index is 12.6. The van der Waals surface area contributed by atoms with Crippen LogP contribution in [0, 0.1) is 0 Å². The average Bonchev–Trinajstić information content (AvgIpc) is 3.15. The molecule has 3 rings (SSSR count). The van der Waals surface area contributed by atoms with E-state index >= 15 is 0 Å². The second kappa shape index (κ2) is 5.46. The molecule has 0 spiro atoms. The first-order valence-electron chi connectivity index (χ1n) is 6.29. The molecule has 0 atom stereocenters. The van der Waals surface area contributed by atoms with E-state index in [1.807, 2.05) is 12.1 Å². The van der Waals surface area contributed by atoms with E-state index in [0.717, 1.165) is 18.6 Å². The topological polar surface area (TPSA) is 46.3 Å². The van der Waals surface area contributed by atoms with Crippen molar-refractivity contribution in [2.45, 2.75) is 25.4 Å². The highest BCUT2D eigenvalue weighted by molar-refractivity contribution is 6.41. The summed E-state index contributed by atoms with van der Waals surface area (Å²) < 4.78 is 5.31. The number of amides is 1. The van der Waals surface area contributed by atoms with Gasteiger partial charge in [0.25, 0.3) is 5.91 Å². The fraction of sp³-hybridized carbons (Fsp3) is 0.286. The quantitative estimate of drug-likeness (QED) is 0.807. The predicted octanol–water partition coefficient (Wildman–Crippen LogP) is 3.79. The molecule has 6 heteroatoms. The Labute approximate surface area is 126 Å². The normalized spacial score (nSPS) is 14.3. The summed E-state index contributed by atoms with van der Waals surface area (Å²) in [6.07, 6.45) is 5.09. The molecule has 104 valence electrons. The summed E-state index contributed by atoms with van der Waals surface area (Å²) in [7, 11) is 0. The van der Waals surface area contributed by atoms with Crippen LogP contribution in [0.1, 0.15) is 29.0 Å². The van der Waals surface area contributed by atoms with Gasteiger partial charge in [0.2, 0.25) is 0 Å². The zero-order valence-corrected chi connectivity index (χ0v) is 12.1. The number of carbonyl (C=O) groups is 1. The lowest BCUT2D eigenvalue weighted by Gasteiger charge is -2.21. The molecule has 0 N–H and O–H groups in total. The first-order chi connectivity index (χ1) is 9.65. The molecule has 1 amide bonds. The zero-order chi connectivity index (χ0) is 14.1. The molecule has 2 heterocycles. The number of aromatic nitrogens is 1. The monoisotopic (exact) mass is 310 g/mol. The van der Waals surface area contributed by atoms with Crippen LogP contribution >= 0.6 is 23.2 Å². The SMILES string of the molecule is O=C(c1cnc(Cl)c(Cl)c1)N(Cc1ccco1)C1CC1. The van der Waals surface area contributed by atoms with Crippen molar-refractivity contribution >= 4 is 29.1 Å². The summed E-state index contributed by atoms with van der Waals surface area (Å²) >= 11 is 11.7. The third kappa shape index (κ3) is 2.81. The molecule has 4 nitrogen and oxygen atoms in total. The van der Waals surface area contributed by atoms with Gasteiger partial charge in [0.05, 0.1) is 23.4 Å². The summed E-state index contributed by atoms with van der Waals surface area (Å²) in [6.45, 7) is 0.455. The van der Waals surface area contributed by atoms with Crippen LogP contribution in [0.15, 0.2) is 35.1 Å². The third-order valence-electron chi connectivity index (χ3n) is 3.20. The molecule has 1 fully saturated rings. The fourth-order valence-corrected chi connectivity index (χ4v) is 2.30. The molecule has 1 aliphatic rings. The summed E-state index contributed by atoms with van der Waals surface area (Å²) in [6, 6.07) is 5.49. The van der Waals surface area contributed by atoms with Gasteiger partial charge in [0.15, 0.2) is 0 Å². The number of rotatable bonds is 4. The van der Waals surface area contributed by atoms with E-state index in [2.05, 4.69) is 4.98 Å². The summed E-state index contributed by atoms with van der Waals surface area (Å²) in [5.74, 6) is 0.660. The van der Waals surface area contributed by atoms with Crippen LogP contribution < -0.4 is 0 Å². The predicted molar refractivity (Wildman–Crippen MR) is 75.9 cm³/mol. The Morgan fingerprint density at radius 1 is 1.45 bits per heavy atom. The van der Waals surface area contributed by atoms with Crippen LogP contribution in [0.25, 0.3) is 0 Å². The minimum atomic E-state index is -0.102. The van der Waals surface area contributed by atoms with Crippen molar-refractivity contribution in [3.05, 3.63) is 52.2 Å². The lowest BCUT2D eigenvalue weighted by molar-refractivity contribution is 0.0717. The maximum absolute atomic E-state index is 12.6. The standard InChI is InChI=1S/C14H12Cl2N2O2/c15-12-6-9(7-17-13(12)16)14(19)18(10-3-4-10)8-11-2-1-5-20-11/h1-2,5-7,10H,3-4,8H2. The number of pyridine rings is 1. The summed E-state index contributed by atoms with van der Waals surface area (Å²) in [4.78, 5) is 18.3. The van der Waals surface area contributed by atoms with Gasteiger partial charge in [-0.15, -0.1) is 0 Å². The molecule has 1 aliphatic carbocycles. The van der Waals surface area contributed by atoms with E-state index < -0.39 is 0 Å². The Balaban J connectivity index is 1.83. The van der Waals surface area contributed by atoms with Gasteiger partial charge in [0.1, 0.15) is 10.9 Å². The molecule has 0 aromatic carbocycles. The molecule has 0 bridgehead atoms. The largest absolute Gasteiger partial charge is 0.467 e. The van der Waals surface area contributed by atoms with Gasteiger partial charge in [-0.1, -0.05) is 23.2 Å². The van der Waals surface area contributed by atoms with Gasteiger partial charge >= 0.3 is 0 Å². The first kappa shape index (κ1) is 13.5. The number of carbonyl (C=O) groups excluding carboxylic acids is 1.